The van der Waals surface area contributed by atoms with E-state index < -0.39 is 0 Å². The van der Waals surface area contributed by atoms with Gasteiger partial charge in [0, 0.05) is 25.6 Å². The number of thioether (sulfide) groups is 1. The van der Waals surface area contributed by atoms with Gasteiger partial charge in [-0.15, -0.1) is 6.58 Å². The van der Waals surface area contributed by atoms with Crippen LogP contribution in [0.25, 0.3) is 11.0 Å². The number of rotatable bonds is 6. The molecule has 2 aromatic rings. The molecule has 0 saturated carbocycles. The van der Waals surface area contributed by atoms with E-state index in [1.165, 1.54) is 11.8 Å². The Hall–Kier alpha value is -2.28. The van der Waals surface area contributed by atoms with Crippen molar-refractivity contribution in [1.82, 2.24) is 14.5 Å². The van der Waals surface area contributed by atoms with Crippen LogP contribution < -0.4 is 5.73 Å². The van der Waals surface area contributed by atoms with Crippen LogP contribution in [0.1, 0.15) is 12.8 Å². The van der Waals surface area contributed by atoms with Crippen LogP contribution in [0.3, 0.4) is 0 Å². The Morgan fingerprint density at radius 3 is 2.72 bits per heavy atom. The molecular formula is C18H22N4O2S. The largest absolute Gasteiger partial charge is 0.369 e. The van der Waals surface area contributed by atoms with E-state index in [0.29, 0.717) is 38.2 Å². The Balaban J connectivity index is 1.64. The number of benzene rings is 1. The van der Waals surface area contributed by atoms with E-state index in [-0.39, 0.29) is 17.7 Å². The number of piperidine rings is 1. The highest BCUT2D eigenvalue weighted by atomic mass is 32.2. The molecule has 1 aromatic carbocycles. The minimum atomic E-state index is -0.264. The summed E-state index contributed by atoms with van der Waals surface area (Å²) in [6, 6.07) is 7.92. The fraction of sp³-hybridized carbons (Fsp3) is 0.389. The lowest BCUT2D eigenvalue weighted by Gasteiger charge is -2.30. The van der Waals surface area contributed by atoms with Gasteiger partial charge >= 0.3 is 0 Å². The van der Waals surface area contributed by atoms with E-state index in [4.69, 9.17) is 5.73 Å². The topological polar surface area (TPSA) is 81.2 Å². The summed E-state index contributed by atoms with van der Waals surface area (Å²) in [6.07, 6.45) is 3.13. The van der Waals surface area contributed by atoms with E-state index in [2.05, 4.69) is 16.1 Å². The minimum Gasteiger partial charge on any atom is -0.369 e. The molecule has 1 aliphatic rings. The van der Waals surface area contributed by atoms with Gasteiger partial charge in [-0.05, 0) is 25.0 Å². The molecule has 0 aliphatic carbocycles. The van der Waals surface area contributed by atoms with E-state index in [9.17, 15) is 9.59 Å². The lowest BCUT2D eigenvalue weighted by molar-refractivity contribution is -0.132. The van der Waals surface area contributed by atoms with Crippen LogP contribution in [0.15, 0.2) is 42.1 Å². The molecule has 0 radical (unpaired) electrons. The van der Waals surface area contributed by atoms with Crippen molar-refractivity contribution in [3.05, 3.63) is 36.9 Å². The molecule has 1 aromatic heterocycles. The molecular weight excluding hydrogens is 336 g/mol. The molecule has 6 nitrogen and oxygen atoms in total. The molecule has 1 aliphatic heterocycles. The molecule has 0 unspecified atom stereocenters. The Kier molecular flexibility index (Phi) is 5.43. The normalized spacial score (nSPS) is 15.4. The summed E-state index contributed by atoms with van der Waals surface area (Å²) in [6.45, 7) is 5.64. The van der Waals surface area contributed by atoms with Gasteiger partial charge in [-0.3, -0.25) is 9.59 Å². The second kappa shape index (κ2) is 7.74. The summed E-state index contributed by atoms with van der Waals surface area (Å²) >= 11 is 1.44. The Morgan fingerprint density at radius 2 is 2.04 bits per heavy atom. The number of likely N-dealkylation sites (tertiary alicyclic amines) is 1. The van der Waals surface area contributed by atoms with Gasteiger partial charge in [0.15, 0.2) is 5.16 Å². The lowest BCUT2D eigenvalue weighted by atomic mass is 9.96. The lowest BCUT2D eigenvalue weighted by Crippen LogP contribution is -2.42. The molecule has 132 valence electrons. The fourth-order valence-corrected chi connectivity index (χ4v) is 4.03. The molecule has 1 saturated heterocycles. The second-order valence-corrected chi connectivity index (χ2v) is 7.07. The van der Waals surface area contributed by atoms with Crippen LogP contribution in [0.2, 0.25) is 0 Å². The van der Waals surface area contributed by atoms with Crippen molar-refractivity contribution in [3.8, 4) is 0 Å². The highest BCUT2D eigenvalue weighted by Crippen LogP contribution is 2.25. The zero-order chi connectivity index (χ0) is 17.8. The van der Waals surface area contributed by atoms with E-state index >= 15 is 0 Å². The van der Waals surface area contributed by atoms with Gasteiger partial charge in [-0.1, -0.05) is 30.0 Å². The Morgan fingerprint density at radius 1 is 1.32 bits per heavy atom. The smallest absolute Gasteiger partial charge is 0.233 e. The number of allylic oxidation sites excluding steroid dienone is 1. The number of nitrogens with two attached hydrogens (primary N) is 1. The zero-order valence-electron chi connectivity index (χ0n) is 14.1. The summed E-state index contributed by atoms with van der Waals surface area (Å²) < 4.78 is 2.07. The summed E-state index contributed by atoms with van der Waals surface area (Å²) in [7, 11) is 0. The van der Waals surface area contributed by atoms with Crippen LogP contribution in [0, 0.1) is 5.92 Å². The van der Waals surface area contributed by atoms with Gasteiger partial charge in [0.1, 0.15) is 0 Å². The SMILES string of the molecule is C=CCn1c(SCC(=O)N2CCC(C(N)=O)CC2)nc2ccccc21. The number of fused-ring (bicyclic) bond motifs is 1. The third kappa shape index (κ3) is 3.87. The van der Waals surface area contributed by atoms with Crippen molar-refractivity contribution < 1.29 is 9.59 Å². The first-order valence-electron chi connectivity index (χ1n) is 8.36. The minimum absolute atomic E-state index is 0.0742. The number of aromatic nitrogens is 2. The molecule has 2 N–H and O–H groups in total. The first-order chi connectivity index (χ1) is 12.1. The maximum atomic E-state index is 12.5. The Bertz CT molecular complexity index is 793. The van der Waals surface area contributed by atoms with Crippen LogP contribution in [0.4, 0.5) is 0 Å². The summed E-state index contributed by atoms with van der Waals surface area (Å²) in [4.78, 5) is 30.1. The molecule has 0 atom stereocenters. The van der Waals surface area contributed by atoms with E-state index in [1.807, 2.05) is 35.2 Å². The molecule has 25 heavy (non-hydrogen) atoms. The molecule has 7 heteroatoms. The van der Waals surface area contributed by atoms with Gasteiger partial charge in [-0.2, -0.15) is 0 Å². The van der Waals surface area contributed by atoms with Crippen molar-refractivity contribution in [2.75, 3.05) is 18.8 Å². The third-order valence-electron chi connectivity index (χ3n) is 4.51. The number of hydrogen-bond acceptors (Lipinski definition) is 4. The zero-order valence-corrected chi connectivity index (χ0v) is 14.9. The summed E-state index contributed by atoms with van der Waals surface area (Å²) in [5.74, 6) is 0.0417. The van der Waals surface area contributed by atoms with Crippen molar-refractivity contribution in [3.63, 3.8) is 0 Å². The Labute approximate surface area is 151 Å². The summed E-state index contributed by atoms with van der Waals surface area (Å²) in [5, 5.41) is 0.821. The average molecular weight is 358 g/mol. The number of carbonyl (C=O) groups excluding carboxylic acids is 2. The monoisotopic (exact) mass is 358 g/mol. The number of hydrogen-bond donors (Lipinski definition) is 1. The quantitative estimate of drug-likeness (QED) is 0.633. The molecule has 0 bridgehead atoms. The van der Waals surface area contributed by atoms with Crippen molar-refractivity contribution in [2.45, 2.75) is 24.5 Å². The van der Waals surface area contributed by atoms with Gasteiger partial charge in [0.25, 0.3) is 0 Å². The maximum Gasteiger partial charge on any atom is 0.233 e. The number of imidazole rings is 1. The summed E-state index contributed by atoms with van der Waals surface area (Å²) in [5.41, 5.74) is 7.30. The predicted molar refractivity (Wildman–Crippen MR) is 99.2 cm³/mol. The fourth-order valence-electron chi connectivity index (χ4n) is 3.10. The molecule has 0 spiro atoms. The number of nitrogens with zero attached hydrogens (tertiary/aromatic N) is 3. The number of carbonyl (C=O) groups is 2. The maximum absolute atomic E-state index is 12.5. The van der Waals surface area contributed by atoms with Crippen LogP contribution in [-0.2, 0) is 16.1 Å². The van der Waals surface area contributed by atoms with Crippen molar-refractivity contribution >= 4 is 34.6 Å². The highest BCUT2D eigenvalue weighted by Gasteiger charge is 2.26. The third-order valence-corrected chi connectivity index (χ3v) is 5.47. The van der Waals surface area contributed by atoms with E-state index in [1.54, 1.807) is 0 Å². The molecule has 2 heterocycles. The first kappa shape index (κ1) is 17.5. The molecule has 1 fully saturated rings. The number of para-hydroxylation sites is 2. The first-order valence-corrected chi connectivity index (χ1v) is 9.34. The van der Waals surface area contributed by atoms with Crippen LogP contribution in [-0.4, -0.2) is 45.1 Å². The van der Waals surface area contributed by atoms with Gasteiger partial charge < -0.3 is 15.2 Å². The second-order valence-electron chi connectivity index (χ2n) is 6.13. The standard InChI is InChI=1S/C18H22N4O2S/c1-2-9-22-15-6-4-3-5-14(15)20-18(22)25-12-16(23)21-10-7-13(8-11-21)17(19)24/h2-6,13H,1,7-12H2,(H2,19,24). The van der Waals surface area contributed by atoms with E-state index in [0.717, 1.165) is 16.2 Å². The number of primary amides is 1. The van der Waals surface area contributed by atoms with Crippen molar-refractivity contribution in [2.24, 2.45) is 11.7 Å². The van der Waals surface area contributed by atoms with Crippen molar-refractivity contribution in [1.29, 1.82) is 0 Å². The van der Waals surface area contributed by atoms with Crippen LogP contribution >= 0.6 is 11.8 Å². The molecule has 2 amide bonds. The molecule has 3 rings (SSSR count). The predicted octanol–water partition coefficient (Wildman–Crippen LogP) is 2.04. The average Bonchev–Trinajstić information content (AvgIpc) is 2.98. The number of amides is 2. The van der Waals surface area contributed by atoms with Gasteiger partial charge in [0.05, 0.1) is 16.8 Å². The van der Waals surface area contributed by atoms with Crippen LogP contribution in [0.5, 0.6) is 0 Å². The van der Waals surface area contributed by atoms with Gasteiger partial charge in [-0.25, -0.2) is 4.98 Å². The highest BCUT2D eigenvalue weighted by molar-refractivity contribution is 7.99. The van der Waals surface area contributed by atoms with Gasteiger partial charge in [0.2, 0.25) is 11.8 Å².